The predicted molar refractivity (Wildman–Crippen MR) is 121 cm³/mol. The van der Waals surface area contributed by atoms with Gasteiger partial charge in [-0.15, -0.1) is 0 Å². The Balaban J connectivity index is 1.55. The maximum atomic E-state index is 13.0. The van der Waals surface area contributed by atoms with Gasteiger partial charge in [-0.1, -0.05) is 49.1 Å². The number of anilines is 2. The topological polar surface area (TPSA) is 70.2 Å². The molecule has 1 fully saturated rings. The molecule has 3 amide bonds. The molecule has 0 bridgehead atoms. The number of rotatable bonds is 3. The van der Waals surface area contributed by atoms with E-state index in [9.17, 15) is 9.59 Å². The molecule has 2 atom stereocenters. The van der Waals surface area contributed by atoms with Crippen LogP contribution in [-0.2, 0) is 4.79 Å². The Morgan fingerprint density at radius 1 is 1.10 bits per heavy atom. The first kappa shape index (κ1) is 20.7. The number of hydrogen-bond acceptors (Lipinski definition) is 2. The molecule has 2 unspecified atom stereocenters. The van der Waals surface area contributed by atoms with Crippen molar-refractivity contribution in [3.63, 3.8) is 0 Å². The van der Waals surface area contributed by atoms with E-state index in [2.05, 4.69) is 28.1 Å². The average molecular weight is 426 g/mol. The lowest BCUT2D eigenvalue weighted by Gasteiger charge is -2.32. The molecule has 1 aliphatic carbocycles. The molecule has 3 N–H and O–H groups in total. The predicted octanol–water partition coefficient (Wildman–Crippen LogP) is 5.84. The lowest BCUT2D eigenvalue weighted by atomic mass is 9.74. The van der Waals surface area contributed by atoms with Gasteiger partial charge in [0.25, 0.3) is 0 Å². The van der Waals surface area contributed by atoms with Gasteiger partial charge in [0.2, 0.25) is 5.91 Å². The molecule has 2 aromatic rings. The Morgan fingerprint density at radius 2 is 1.90 bits per heavy atom. The summed E-state index contributed by atoms with van der Waals surface area (Å²) in [4.78, 5) is 25.6. The number of aryl methyl sites for hydroxylation is 1. The zero-order valence-electron chi connectivity index (χ0n) is 17.2. The number of amides is 3. The highest BCUT2D eigenvalue weighted by Gasteiger charge is 2.35. The molecular weight excluding hydrogens is 398 g/mol. The van der Waals surface area contributed by atoms with E-state index in [1.54, 1.807) is 24.3 Å². The molecule has 1 heterocycles. The number of carbonyl (C=O) groups excluding carboxylic acids is 2. The molecule has 158 valence electrons. The molecule has 0 radical (unpaired) electrons. The number of benzene rings is 2. The summed E-state index contributed by atoms with van der Waals surface area (Å²) in [5.41, 5.74) is 3.79. The number of halogens is 1. The molecule has 0 aromatic heterocycles. The Labute approximate surface area is 182 Å². The maximum Gasteiger partial charge on any atom is 0.319 e. The second-order valence-corrected chi connectivity index (χ2v) is 8.92. The highest BCUT2D eigenvalue weighted by Crippen LogP contribution is 2.43. The molecular formula is C24H28ClN3O2. The molecule has 6 heteroatoms. The van der Waals surface area contributed by atoms with Crippen molar-refractivity contribution in [3.05, 3.63) is 58.6 Å². The van der Waals surface area contributed by atoms with Gasteiger partial charge < -0.3 is 16.0 Å². The van der Waals surface area contributed by atoms with E-state index < -0.39 is 12.1 Å². The van der Waals surface area contributed by atoms with Gasteiger partial charge in [0, 0.05) is 16.4 Å². The third-order valence-electron chi connectivity index (χ3n) is 6.28. The summed E-state index contributed by atoms with van der Waals surface area (Å²) in [5.74, 6) is 0.617. The van der Waals surface area contributed by atoms with Crippen molar-refractivity contribution >= 4 is 34.9 Å². The lowest BCUT2D eigenvalue weighted by molar-refractivity contribution is -0.118. The number of hydrogen-bond donors (Lipinski definition) is 3. The van der Waals surface area contributed by atoms with Gasteiger partial charge >= 0.3 is 6.03 Å². The van der Waals surface area contributed by atoms with Crippen molar-refractivity contribution in [1.29, 1.82) is 0 Å². The molecule has 2 aliphatic rings. The monoisotopic (exact) mass is 425 g/mol. The highest BCUT2D eigenvalue weighted by molar-refractivity contribution is 6.30. The van der Waals surface area contributed by atoms with Crippen LogP contribution in [0.3, 0.4) is 0 Å². The van der Waals surface area contributed by atoms with Crippen LogP contribution in [0.5, 0.6) is 0 Å². The SMILES string of the molecule is Cc1ccc2c(c1)NC(=O)C(NC(=O)Nc1cccc(Cl)c1)CC2C1CCCCC1. The Kier molecular flexibility index (Phi) is 6.28. The van der Waals surface area contributed by atoms with Crippen molar-refractivity contribution in [1.82, 2.24) is 5.32 Å². The van der Waals surface area contributed by atoms with E-state index in [1.165, 1.54) is 37.7 Å². The maximum absolute atomic E-state index is 13.0. The van der Waals surface area contributed by atoms with Crippen LogP contribution in [0, 0.1) is 12.8 Å². The quantitative estimate of drug-likeness (QED) is 0.577. The summed E-state index contributed by atoms with van der Waals surface area (Å²) in [6.45, 7) is 2.03. The van der Waals surface area contributed by atoms with Crippen molar-refractivity contribution in [2.75, 3.05) is 10.6 Å². The minimum atomic E-state index is -0.594. The van der Waals surface area contributed by atoms with E-state index in [0.29, 0.717) is 23.0 Å². The van der Waals surface area contributed by atoms with E-state index in [-0.39, 0.29) is 11.8 Å². The fraction of sp³-hybridized carbons (Fsp3) is 0.417. The minimum Gasteiger partial charge on any atom is -0.326 e. The van der Waals surface area contributed by atoms with E-state index in [0.717, 1.165) is 11.3 Å². The van der Waals surface area contributed by atoms with Gasteiger partial charge in [-0.2, -0.15) is 0 Å². The molecule has 5 nitrogen and oxygen atoms in total. The summed E-state index contributed by atoms with van der Waals surface area (Å²) in [7, 11) is 0. The van der Waals surface area contributed by atoms with Gasteiger partial charge in [0.05, 0.1) is 0 Å². The summed E-state index contributed by atoms with van der Waals surface area (Å²) >= 11 is 6.00. The van der Waals surface area contributed by atoms with E-state index in [4.69, 9.17) is 11.6 Å². The van der Waals surface area contributed by atoms with E-state index >= 15 is 0 Å². The zero-order valence-corrected chi connectivity index (χ0v) is 18.0. The fourth-order valence-electron chi connectivity index (χ4n) is 4.81. The van der Waals surface area contributed by atoms with Crippen molar-refractivity contribution in [2.24, 2.45) is 5.92 Å². The smallest absolute Gasteiger partial charge is 0.319 e. The second kappa shape index (κ2) is 9.09. The normalized spacial score (nSPS) is 21.9. The summed E-state index contributed by atoms with van der Waals surface area (Å²) in [6, 6.07) is 12.3. The van der Waals surface area contributed by atoms with Gasteiger partial charge in [-0.25, -0.2) is 4.79 Å². The van der Waals surface area contributed by atoms with Gasteiger partial charge in [0.15, 0.2) is 0 Å². The minimum absolute atomic E-state index is 0.165. The van der Waals surface area contributed by atoms with Crippen LogP contribution in [0.4, 0.5) is 16.2 Å². The Bertz CT molecular complexity index is 940. The van der Waals surface area contributed by atoms with Crippen molar-refractivity contribution in [2.45, 2.75) is 57.4 Å². The van der Waals surface area contributed by atoms with Crippen LogP contribution in [0.15, 0.2) is 42.5 Å². The van der Waals surface area contributed by atoms with Gasteiger partial charge in [0.1, 0.15) is 6.04 Å². The lowest BCUT2D eigenvalue weighted by Crippen LogP contribution is -2.45. The number of nitrogens with one attached hydrogen (secondary N) is 3. The Hall–Kier alpha value is -2.53. The molecule has 1 aliphatic heterocycles. The average Bonchev–Trinajstić information content (AvgIpc) is 2.85. The standard InChI is InChI=1S/C24H28ClN3O2/c1-15-10-11-19-20(16-6-3-2-4-7-16)14-22(23(29)27-21(19)12-15)28-24(30)26-18-9-5-8-17(25)13-18/h5,8-13,16,20,22H,2-4,6-7,14H2,1H3,(H,27,29)(H2,26,28,30). The first-order chi connectivity index (χ1) is 14.5. The fourth-order valence-corrected chi connectivity index (χ4v) is 5.00. The molecule has 1 saturated carbocycles. The van der Waals surface area contributed by atoms with E-state index in [1.807, 2.05) is 13.0 Å². The molecule has 4 rings (SSSR count). The molecule has 0 saturated heterocycles. The first-order valence-corrected chi connectivity index (χ1v) is 11.1. The summed E-state index contributed by atoms with van der Waals surface area (Å²) in [5, 5.41) is 9.27. The Morgan fingerprint density at radius 3 is 2.67 bits per heavy atom. The van der Waals surface area contributed by atoms with Gasteiger partial charge in [-0.3, -0.25) is 4.79 Å². The molecule has 2 aromatic carbocycles. The van der Waals surface area contributed by atoms with Crippen LogP contribution in [0.1, 0.15) is 55.6 Å². The van der Waals surface area contributed by atoms with Crippen molar-refractivity contribution in [3.8, 4) is 0 Å². The first-order valence-electron chi connectivity index (χ1n) is 10.7. The number of fused-ring (bicyclic) bond motifs is 1. The number of urea groups is 1. The second-order valence-electron chi connectivity index (χ2n) is 8.48. The zero-order chi connectivity index (χ0) is 21.1. The molecule has 0 spiro atoms. The third-order valence-corrected chi connectivity index (χ3v) is 6.51. The largest absolute Gasteiger partial charge is 0.326 e. The van der Waals surface area contributed by atoms with Crippen LogP contribution in [0.2, 0.25) is 5.02 Å². The summed E-state index contributed by atoms with van der Waals surface area (Å²) < 4.78 is 0. The van der Waals surface area contributed by atoms with Crippen LogP contribution >= 0.6 is 11.6 Å². The van der Waals surface area contributed by atoms with Crippen LogP contribution in [-0.4, -0.2) is 18.0 Å². The highest BCUT2D eigenvalue weighted by atomic mass is 35.5. The van der Waals surface area contributed by atoms with Crippen molar-refractivity contribution < 1.29 is 9.59 Å². The third kappa shape index (κ3) is 4.78. The van der Waals surface area contributed by atoms with Crippen LogP contribution in [0.25, 0.3) is 0 Å². The summed E-state index contributed by atoms with van der Waals surface area (Å²) in [6.07, 6.45) is 6.70. The molecule has 30 heavy (non-hydrogen) atoms. The van der Waals surface area contributed by atoms with Crippen LogP contribution < -0.4 is 16.0 Å². The van der Waals surface area contributed by atoms with Gasteiger partial charge in [-0.05, 0) is 73.4 Å². The number of carbonyl (C=O) groups is 2.